The Labute approximate surface area is 120 Å². The molecule has 1 aromatic carbocycles. The van der Waals surface area contributed by atoms with E-state index in [4.69, 9.17) is 0 Å². The number of benzene rings is 1. The number of hydrogen-bond donors (Lipinski definition) is 3. The molecule has 0 bridgehead atoms. The van der Waals surface area contributed by atoms with E-state index in [0.29, 0.717) is 23.1 Å². The number of fused-ring (bicyclic) bond motifs is 1. The average molecular weight is 309 g/mol. The summed E-state index contributed by atoms with van der Waals surface area (Å²) in [6.07, 6.45) is 1.44. The van der Waals surface area contributed by atoms with Crippen LogP contribution in [0.3, 0.4) is 0 Å². The fraction of sp³-hybridized carbons (Fsp3) is 0.385. The average Bonchev–Trinajstić information content (AvgIpc) is 2.39. The van der Waals surface area contributed by atoms with Crippen LogP contribution in [0.1, 0.15) is 12.8 Å². The number of anilines is 1. The van der Waals surface area contributed by atoms with Crippen LogP contribution < -0.4 is 16.4 Å². The number of hydrogen-bond acceptors (Lipinski definition) is 5. The third kappa shape index (κ3) is 2.99. The molecule has 1 aliphatic rings. The first-order valence-corrected chi connectivity index (χ1v) is 8.48. The lowest BCUT2D eigenvalue weighted by Gasteiger charge is -2.24. The molecule has 3 N–H and O–H groups in total. The summed E-state index contributed by atoms with van der Waals surface area (Å²) in [4.78, 5) is 27.5. The molecule has 1 aromatic heterocycles. The highest BCUT2D eigenvalue weighted by molar-refractivity contribution is 7.91. The quantitative estimate of drug-likeness (QED) is 0.686. The van der Waals surface area contributed by atoms with Gasteiger partial charge in [0.05, 0.1) is 22.5 Å². The van der Waals surface area contributed by atoms with Gasteiger partial charge in [-0.25, -0.2) is 8.42 Å². The number of aromatic amines is 2. The second-order valence-corrected chi connectivity index (χ2v) is 7.50. The molecule has 0 amide bonds. The number of aromatic nitrogens is 2. The molecule has 0 aliphatic carbocycles. The molecule has 1 aliphatic heterocycles. The van der Waals surface area contributed by atoms with E-state index in [-0.39, 0.29) is 17.5 Å². The van der Waals surface area contributed by atoms with Crippen LogP contribution in [0.15, 0.2) is 27.8 Å². The summed E-state index contributed by atoms with van der Waals surface area (Å²) in [7, 11) is -2.97. The Kier molecular flexibility index (Phi) is 3.32. The van der Waals surface area contributed by atoms with Crippen LogP contribution in [-0.4, -0.2) is 35.9 Å². The van der Waals surface area contributed by atoms with Crippen LogP contribution in [0.25, 0.3) is 11.0 Å². The van der Waals surface area contributed by atoms with Gasteiger partial charge in [0.2, 0.25) is 0 Å². The molecular weight excluding hydrogens is 294 g/mol. The molecule has 1 saturated heterocycles. The second kappa shape index (κ2) is 5.03. The summed E-state index contributed by atoms with van der Waals surface area (Å²) in [5.74, 6) is 0.366. The van der Waals surface area contributed by atoms with Gasteiger partial charge in [-0.15, -0.1) is 0 Å². The molecule has 3 rings (SSSR count). The van der Waals surface area contributed by atoms with E-state index in [9.17, 15) is 18.0 Å². The zero-order chi connectivity index (χ0) is 15.0. The standard InChI is InChI=1S/C13H15N3O4S/c17-12-13(18)16-11-6-8(3-4-10(11)15-12)14-9-2-1-5-21(19,20)7-9/h3-4,6,9,14H,1-2,5,7H2,(H,15,17)(H,16,18). The molecule has 2 heterocycles. The normalized spacial score (nSPS) is 21.2. The molecule has 2 aromatic rings. The molecule has 0 saturated carbocycles. The van der Waals surface area contributed by atoms with Crippen LogP contribution in [0.5, 0.6) is 0 Å². The maximum Gasteiger partial charge on any atom is 0.314 e. The van der Waals surface area contributed by atoms with E-state index < -0.39 is 21.0 Å². The Hall–Kier alpha value is -2.09. The van der Waals surface area contributed by atoms with Crippen molar-refractivity contribution in [1.82, 2.24) is 9.97 Å². The minimum absolute atomic E-state index is 0.118. The van der Waals surface area contributed by atoms with Gasteiger partial charge >= 0.3 is 11.1 Å². The minimum atomic E-state index is -2.97. The van der Waals surface area contributed by atoms with Gasteiger partial charge in [-0.1, -0.05) is 0 Å². The van der Waals surface area contributed by atoms with Gasteiger partial charge in [-0.2, -0.15) is 0 Å². The fourth-order valence-corrected chi connectivity index (χ4v) is 4.21. The monoisotopic (exact) mass is 309 g/mol. The highest BCUT2D eigenvalue weighted by atomic mass is 32.2. The highest BCUT2D eigenvalue weighted by Gasteiger charge is 2.24. The summed E-state index contributed by atoms with van der Waals surface area (Å²) in [5.41, 5.74) is 0.346. The lowest BCUT2D eigenvalue weighted by molar-refractivity contribution is 0.562. The van der Waals surface area contributed by atoms with Crippen LogP contribution in [0, 0.1) is 0 Å². The Morgan fingerprint density at radius 3 is 2.52 bits per heavy atom. The molecule has 1 atom stereocenters. The second-order valence-electron chi connectivity index (χ2n) is 5.27. The van der Waals surface area contributed by atoms with Gasteiger partial charge < -0.3 is 15.3 Å². The summed E-state index contributed by atoms with van der Waals surface area (Å²) in [6, 6.07) is 4.98. The lowest BCUT2D eigenvalue weighted by atomic mass is 10.1. The number of rotatable bonds is 2. The predicted octanol–water partition coefficient (Wildman–Crippen LogP) is 0.206. The van der Waals surface area contributed by atoms with Crippen molar-refractivity contribution in [3.63, 3.8) is 0 Å². The number of sulfone groups is 1. The first-order chi connectivity index (χ1) is 9.93. The smallest absolute Gasteiger partial charge is 0.314 e. The SMILES string of the molecule is O=c1[nH]c2ccc(NC3CCCS(=O)(=O)C3)cc2[nH]c1=O. The Morgan fingerprint density at radius 1 is 1.10 bits per heavy atom. The molecule has 112 valence electrons. The van der Waals surface area contributed by atoms with E-state index in [2.05, 4.69) is 15.3 Å². The van der Waals surface area contributed by atoms with Gasteiger partial charge in [0.15, 0.2) is 9.84 Å². The third-order valence-corrected chi connectivity index (χ3v) is 5.38. The number of H-pyrrole nitrogens is 2. The van der Waals surface area contributed by atoms with Gasteiger partial charge in [0.25, 0.3) is 0 Å². The zero-order valence-electron chi connectivity index (χ0n) is 11.2. The van der Waals surface area contributed by atoms with E-state index in [1.165, 1.54) is 0 Å². The minimum Gasteiger partial charge on any atom is -0.381 e. The van der Waals surface area contributed by atoms with Gasteiger partial charge in [-0.3, -0.25) is 9.59 Å². The molecular formula is C13H15N3O4S. The van der Waals surface area contributed by atoms with E-state index in [1.54, 1.807) is 18.2 Å². The molecule has 21 heavy (non-hydrogen) atoms. The van der Waals surface area contributed by atoms with Crippen LogP contribution in [-0.2, 0) is 9.84 Å². The maximum atomic E-state index is 11.6. The summed E-state index contributed by atoms with van der Waals surface area (Å²) >= 11 is 0. The summed E-state index contributed by atoms with van der Waals surface area (Å²) in [5, 5.41) is 3.17. The van der Waals surface area contributed by atoms with Gasteiger partial charge in [0, 0.05) is 11.7 Å². The van der Waals surface area contributed by atoms with Crippen LogP contribution in [0.4, 0.5) is 5.69 Å². The molecule has 0 spiro atoms. The van der Waals surface area contributed by atoms with Crippen molar-refractivity contribution < 1.29 is 8.42 Å². The van der Waals surface area contributed by atoms with Crippen molar-refractivity contribution in [2.24, 2.45) is 0 Å². The Balaban J connectivity index is 1.89. The molecule has 1 fully saturated rings. The summed E-state index contributed by atoms with van der Waals surface area (Å²) in [6.45, 7) is 0. The first kappa shape index (κ1) is 13.9. The lowest BCUT2D eigenvalue weighted by Crippen LogP contribution is -2.34. The van der Waals surface area contributed by atoms with Crippen molar-refractivity contribution in [3.05, 3.63) is 38.9 Å². The topological polar surface area (TPSA) is 112 Å². The third-order valence-electron chi connectivity index (χ3n) is 3.56. The zero-order valence-corrected chi connectivity index (χ0v) is 12.0. The van der Waals surface area contributed by atoms with E-state index in [0.717, 1.165) is 6.42 Å². The van der Waals surface area contributed by atoms with Crippen LogP contribution in [0.2, 0.25) is 0 Å². The van der Waals surface area contributed by atoms with E-state index >= 15 is 0 Å². The maximum absolute atomic E-state index is 11.6. The molecule has 0 radical (unpaired) electrons. The predicted molar refractivity (Wildman–Crippen MR) is 80.5 cm³/mol. The van der Waals surface area contributed by atoms with Crippen molar-refractivity contribution in [2.45, 2.75) is 18.9 Å². The molecule has 7 nitrogen and oxygen atoms in total. The van der Waals surface area contributed by atoms with Crippen molar-refractivity contribution in [2.75, 3.05) is 16.8 Å². The van der Waals surface area contributed by atoms with Gasteiger partial charge in [-0.05, 0) is 31.0 Å². The molecule has 1 unspecified atom stereocenters. The summed E-state index contributed by atoms with van der Waals surface area (Å²) < 4.78 is 23.2. The van der Waals surface area contributed by atoms with Crippen molar-refractivity contribution in [1.29, 1.82) is 0 Å². The Morgan fingerprint density at radius 2 is 1.81 bits per heavy atom. The van der Waals surface area contributed by atoms with E-state index in [1.807, 2.05) is 0 Å². The fourth-order valence-electron chi connectivity index (χ4n) is 2.58. The highest BCUT2D eigenvalue weighted by Crippen LogP contribution is 2.19. The van der Waals surface area contributed by atoms with Gasteiger partial charge in [0.1, 0.15) is 0 Å². The van der Waals surface area contributed by atoms with Crippen molar-refractivity contribution >= 4 is 26.6 Å². The number of nitrogens with one attached hydrogen (secondary N) is 3. The largest absolute Gasteiger partial charge is 0.381 e. The van der Waals surface area contributed by atoms with Crippen LogP contribution >= 0.6 is 0 Å². The molecule has 8 heteroatoms. The first-order valence-electron chi connectivity index (χ1n) is 6.66. The van der Waals surface area contributed by atoms with Crippen molar-refractivity contribution in [3.8, 4) is 0 Å². The Bertz CT molecular complexity index is 898.